The second-order valence-electron chi connectivity index (χ2n) is 8.71. The van der Waals surface area contributed by atoms with Crippen molar-refractivity contribution in [3.63, 3.8) is 0 Å². The highest BCUT2D eigenvalue weighted by atomic mass is 35.5. The molecule has 0 aromatic heterocycles. The van der Waals surface area contributed by atoms with Gasteiger partial charge in [-0.15, -0.1) is 10.2 Å². The second-order valence-corrected chi connectivity index (χ2v) is 9.55. The summed E-state index contributed by atoms with van der Waals surface area (Å²) in [7, 11) is 0. The number of ether oxygens (including phenoxy) is 2. The summed E-state index contributed by atoms with van der Waals surface area (Å²) in [6.45, 7) is 2.29. The van der Waals surface area contributed by atoms with E-state index in [4.69, 9.17) is 32.7 Å². The lowest BCUT2D eigenvalue weighted by atomic mass is 9.95. The zero-order valence-corrected chi connectivity index (χ0v) is 20.4. The van der Waals surface area contributed by atoms with Gasteiger partial charge in [0, 0.05) is 35.7 Å². The van der Waals surface area contributed by atoms with Crippen molar-refractivity contribution in [3.8, 4) is 11.5 Å². The molecule has 0 aliphatic carbocycles. The van der Waals surface area contributed by atoms with Crippen LogP contribution in [0.15, 0.2) is 64.8 Å². The standard InChI is InChI=1S/C27H21Cl2N3O3/c1-15(33)34-26-17-6-2-3-7-18(17)27-25-22(32-13-5-4-8-23(32)35-27)12-11-20(24(25)26)30-31-21-14-16(28)9-10-19(21)29/h2-3,6-7,9-12,14,23H,4-5,8,13H2,1H3. The van der Waals surface area contributed by atoms with Crippen molar-refractivity contribution < 1.29 is 14.3 Å². The van der Waals surface area contributed by atoms with Crippen LogP contribution in [0.5, 0.6) is 11.5 Å². The van der Waals surface area contributed by atoms with Crippen LogP contribution in [0.4, 0.5) is 17.1 Å². The third kappa shape index (κ3) is 3.77. The Morgan fingerprint density at radius 3 is 2.63 bits per heavy atom. The van der Waals surface area contributed by atoms with E-state index in [2.05, 4.69) is 15.1 Å². The van der Waals surface area contributed by atoms with E-state index in [0.717, 1.165) is 53.4 Å². The normalized spacial score (nSPS) is 17.0. The van der Waals surface area contributed by atoms with E-state index in [1.807, 2.05) is 36.4 Å². The summed E-state index contributed by atoms with van der Waals surface area (Å²) in [6, 6.07) is 16.8. The van der Waals surface area contributed by atoms with Gasteiger partial charge in [0.25, 0.3) is 0 Å². The molecule has 0 N–H and O–H groups in total. The molecule has 1 saturated heterocycles. The number of fused-ring (bicyclic) bond motifs is 4. The monoisotopic (exact) mass is 505 g/mol. The SMILES string of the molecule is CC(=O)Oc1c2ccccc2c2c3c(ccc(N=Nc4cc(Cl)ccc4Cl)c13)N1CCCCC1O2. The average Bonchev–Trinajstić information content (AvgIpc) is 2.86. The topological polar surface area (TPSA) is 63.5 Å². The van der Waals surface area contributed by atoms with E-state index in [-0.39, 0.29) is 6.23 Å². The molecule has 0 spiro atoms. The molecule has 2 aliphatic heterocycles. The largest absolute Gasteiger partial charge is 0.469 e. The number of rotatable bonds is 3. The number of nitrogens with zero attached hydrogens (tertiary/aromatic N) is 3. The van der Waals surface area contributed by atoms with Gasteiger partial charge in [0.1, 0.15) is 17.2 Å². The fraction of sp³-hybridized carbons (Fsp3) is 0.222. The van der Waals surface area contributed by atoms with Gasteiger partial charge in [-0.2, -0.15) is 0 Å². The number of anilines is 1. The third-order valence-electron chi connectivity index (χ3n) is 6.46. The van der Waals surface area contributed by atoms with Crippen LogP contribution in [0.3, 0.4) is 0 Å². The maximum atomic E-state index is 12.2. The minimum atomic E-state index is -0.413. The maximum absolute atomic E-state index is 12.2. The molecular weight excluding hydrogens is 485 g/mol. The predicted molar refractivity (Wildman–Crippen MR) is 139 cm³/mol. The summed E-state index contributed by atoms with van der Waals surface area (Å²) in [4.78, 5) is 14.5. The van der Waals surface area contributed by atoms with Crippen LogP contribution >= 0.6 is 23.2 Å². The van der Waals surface area contributed by atoms with Crippen molar-refractivity contribution in [1.29, 1.82) is 0 Å². The molecule has 1 fully saturated rings. The van der Waals surface area contributed by atoms with Gasteiger partial charge in [0.2, 0.25) is 0 Å². The Hall–Kier alpha value is -3.35. The highest BCUT2D eigenvalue weighted by Crippen LogP contribution is 2.53. The lowest BCUT2D eigenvalue weighted by Crippen LogP contribution is -2.45. The molecular formula is C27H21Cl2N3O3. The van der Waals surface area contributed by atoms with Crippen LogP contribution in [-0.2, 0) is 4.79 Å². The molecule has 35 heavy (non-hydrogen) atoms. The number of hydrogen-bond donors (Lipinski definition) is 0. The van der Waals surface area contributed by atoms with Gasteiger partial charge in [0.15, 0.2) is 6.23 Å². The highest BCUT2D eigenvalue weighted by molar-refractivity contribution is 6.35. The second kappa shape index (κ2) is 8.70. The molecule has 0 bridgehead atoms. The first-order valence-electron chi connectivity index (χ1n) is 11.5. The first-order chi connectivity index (χ1) is 17.0. The number of azo groups is 1. The molecule has 8 heteroatoms. The predicted octanol–water partition coefficient (Wildman–Crippen LogP) is 8.35. The fourth-order valence-corrected chi connectivity index (χ4v) is 5.31. The first-order valence-corrected chi connectivity index (χ1v) is 12.3. The van der Waals surface area contributed by atoms with Gasteiger partial charge in [-0.05, 0) is 43.2 Å². The highest BCUT2D eigenvalue weighted by Gasteiger charge is 2.34. The van der Waals surface area contributed by atoms with Gasteiger partial charge in [-0.1, -0.05) is 47.5 Å². The Bertz CT molecular complexity index is 1540. The molecule has 6 rings (SSSR count). The molecule has 0 amide bonds. The van der Waals surface area contributed by atoms with Crippen molar-refractivity contribution in [2.45, 2.75) is 32.4 Å². The quantitative estimate of drug-likeness (QED) is 0.121. The minimum absolute atomic E-state index is 0.0276. The van der Waals surface area contributed by atoms with E-state index in [1.54, 1.807) is 18.2 Å². The van der Waals surface area contributed by atoms with Gasteiger partial charge < -0.3 is 14.4 Å². The van der Waals surface area contributed by atoms with Crippen molar-refractivity contribution in [1.82, 2.24) is 0 Å². The minimum Gasteiger partial charge on any atom is -0.469 e. The van der Waals surface area contributed by atoms with Gasteiger partial charge >= 0.3 is 5.97 Å². The molecule has 1 unspecified atom stereocenters. The van der Waals surface area contributed by atoms with Gasteiger partial charge in [0.05, 0.1) is 27.2 Å². The molecule has 0 radical (unpaired) electrons. The van der Waals surface area contributed by atoms with E-state index in [0.29, 0.717) is 32.6 Å². The lowest BCUT2D eigenvalue weighted by Gasteiger charge is -2.42. The van der Waals surface area contributed by atoms with E-state index in [1.165, 1.54) is 6.92 Å². The summed E-state index contributed by atoms with van der Waals surface area (Å²) >= 11 is 12.4. The van der Waals surface area contributed by atoms with Crippen LogP contribution in [0, 0.1) is 0 Å². The number of benzene rings is 4. The zero-order valence-electron chi connectivity index (χ0n) is 18.9. The Balaban J connectivity index is 1.67. The van der Waals surface area contributed by atoms with E-state index in [9.17, 15) is 4.79 Å². The lowest BCUT2D eigenvalue weighted by molar-refractivity contribution is -0.131. The Labute approximate surface area is 212 Å². The molecule has 6 nitrogen and oxygen atoms in total. The summed E-state index contributed by atoms with van der Waals surface area (Å²) in [5, 5.41) is 13.1. The van der Waals surface area contributed by atoms with Crippen molar-refractivity contribution in [3.05, 3.63) is 64.6 Å². The molecule has 2 heterocycles. The number of piperidine rings is 1. The van der Waals surface area contributed by atoms with E-state index >= 15 is 0 Å². The molecule has 176 valence electrons. The molecule has 0 saturated carbocycles. The van der Waals surface area contributed by atoms with Gasteiger partial charge in [-0.25, -0.2) is 0 Å². The van der Waals surface area contributed by atoms with E-state index < -0.39 is 5.97 Å². The van der Waals surface area contributed by atoms with Crippen LogP contribution in [0.2, 0.25) is 10.0 Å². The molecule has 2 aliphatic rings. The summed E-state index contributed by atoms with van der Waals surface area (Å²) in [6.07, 6.45) is 3.14. The fourth-order valence-electron chi connectivity index (χ4n) is 4.99. The van der Waals surface area contributed by atoms with Crippen LogP contribution in [0.1, 0.15) is 26.2 Å². The average molecular weight is 506 g/mol. The molecule has 1 atom stereocenters. The number of hydrogen-bond acceptors (Lipinski definition) is 6. The molecule has 4 aromatic carbocycles. The Morgan fingerprint density at radius 1 is 1.00 bits per heavy atom. The van der Waals surface area contributed by atoms with Gasteiger partial charge in [-0.3, -0.25) is 4.79 Å². The summed E-state index contributed by atoms with van der Waals surface area (Å²) < 4.78 is 12.4. The van der Waals surface area contributed by atoms with Crippen molar-refractivity contribution in [2.24, 2.45) is 10.2 Å². The van der Waals surface area contributed by atoms with Crippen LogP contribution in [-0.4, -0.2) is 18.7 Å². The number of esters is 1. The molecule has 4 aromatic rings. The Kier molecular flexibility index (Phi) is 5.50. The Morgan fingerprint density at radius 2 is 1.80 bits per heavy atom. The van der Waals surface area contributed by atoms with Crippen molar-refractivity contribution in [2.75, 3.05) is 11.4 Å². The smallest absolute Gasteiger partial charge is 0.308 e. The third-order valence-corrected chi connectivity index (χ3v) is 7.02. The zero-order chi connectivity index (χ0) is 24.1. The van der Waals surface area contributed by atoms with Crippen LogP contribution in [0.25, 0.3) is 21.5 Å². The summed E-state index contributed by atoms with van der Waals surface area (Å²) in [5.74, 6) is 0.811. The number of carbonyl (C=O) groups excluding carboxylic acids is 1. The number of carbonyl (C=O) groups is 1. The summed E-state index contributed by atoms with van der Waals surface area (Å²) in [5.41, 5.74) is 2.04. The van der Waals surface area contributed by atoms with Crippen LogP contribution < -0.4 is 14.4 Å². The number of halogens is 2. The maximum Gasteiger partial charge on any atom is 0.308 e. The van der Waals surface area contributed by atoms with Crippen molar-refractivity contribution >= 4 is 67.8 Å². The first kappa shape index (κ1) is 22.1.